The van der Waals surface area contributed by atoms with E-state index in [1.54, 1.807) is 6.07 Å². The molecule has 0 saturated carbocycles. The highest BCUT2D eigenvalue weighted by Gasteiger charge is 2.51. The van der Waals surface area contributed by atoms with E-state index in [1.807, 2.05) is 0 Å². The maximum absolute atomic E-state index is 14.2. The Bertz CT molecular complexity index is 960. The smallest absolute Gasteiger partial charge is 0.376 e. The third-order valence-electron chi connectivity index (χ3n) is 3.63. The van der Waals surface area contributed by atoms with Gasteiger partial charge in [-0.05, 0) is 36.8 Å². The van der Waals surface area contributed by atoms with Gasteiger partial charge in [0.05, 0.1) is 10.5 Å². The number of aliphatic hydroxyl groups is 1. The summed E-state index contributed by atoms with van der Waals surface area (Å²) < 4.78 is 77.7. The number of nitrogens with zero attached hydrogens (tertiary/aromatic N) is 1. The number of halogens is 4. The predicted molar refractivity (Wildman–Crippen MR) is 78.6 cm³/mol. The van der Waals surface area contributed by atoms with Crippen molar-refractivity contribution in [2.24, 2.45) is 0 Å². The molecule has 25 heavy (non-hydrogen) atoms. The summed E-state index contributed by atoms with van der Waals surface area (Å²) in [6, 6.07) is 8.33. The number of sulfone groups is 1. The van der Waals surface area contributed by atoms with Crippen LogP contribution in [0.1, 0.15) is 18.1 Å². The number of rotatable bonds is 3. The molecule has 0 aliphatic carbocycles. The molecule has 0 aliphatic rings. The third-order valence-corrected chi connectivity index (χ3v) is 5.48. The van der Waals surface area contributed by atoms with E-state index in [-0.39, 0.29) is 5.56 Å². The lowest BCUT2D eigenvalue weighted by Gasteiger charge is -2.26. The van der Waals surface area contributed by atoms with Gasteiger partial charge in [-0.2, -0.15) is 18.4 Å². The van der Waals surface area contributed by atoms with Crippen LogP contribution in [-0.4, -0.2) is 19.7 Å². The zero-order valence-electron chi connectivity index (χ0n) is 12.7. The molecule has 0 heterocycles. The fourth-order valence-corrected chi connectivity index (χ4v) is 3.56. The highest BCUT2D eigenvalue weighted by Crippen LogP contribution is 2.39. The normalized spacial score (nSPS) is 14.6. The molecule has 2 rings (SSSR count). The Morgan fingerprint density at radius 2 is 1.68 bits per heavy atom. The monoisotopic (exact) mass is 373 g/mol. The van der Waals surface area contributed by atoms with Crippen LogP contribution in [0.25, 0.3) is 0 Å². The molecule has 0 amide bonds. The Hall–Kier alpha value is -2.44. The second kappa shape index (κ2) is 6.13. The molecule has 0 aromatic heterocycles. The predicted octanol–water partition coefficient (Wildman–Crippen LogP) is 3.30. The van der Waals surface area contributed by atoms with Crippen LogP contribution in [0.3, 0.4) is 0 Å². The molecule has 1 atom stereocenters. The van der Waals surface area contributed by atoms with Crippen molar-refractivity contribution >= 4 is 9.84 Å². The van der Waals surface area contributed by atoms with Crippen molar-refractivity contribution < 1.29 is 31.1 Å². The molecule has 0 spiro atoms. The van der Waals surface area contributed by atoms with Gasteiger partial charge < -0.3 is 5.11 Å². The zero-order chi connectivity index (χ0) is 19.0. The molecule has 0 radical (unpaired) electrons. The fraction of sp³-hybridized carbons (Fsp3) is 0.188. The van der Waals surface area contributed by atoms with Gasteiger partial charge in [-0.15, -0.1) is 0 Å². The van der Waals surface area contributed by atoms with E-state index in [0.717, 1.165) is 6.07 Å². The number of benzene rings is 2. The van der Waals surface area contributed by atoms with Gasteiger partial charge in [-0.1, -0.05) is 18.2 Å². The quantitative estimate of drug-likeness (QED) is 0.838. The molecule has 2 aromatic rings. The first-order valence-corrected chi connectivity index (χ1v) is 8.24. The first-order valence-electron chi connectivity index (χ1n) is 6.76. The van der Waals surface area contributed by atoms with Crippen LogP contribution in [-0.2, 0) is 15.4 Å². The Morgan fingerprint density at radius 3 is 2.20 bits per heavy atom. The average molecular weight is 373 g/mol. The lowest BCUT2D eigenvalue weighted by Crippen LogP contribution is -2.39. The third kappa shape index (κ3) is 3.23. The van der Waals surface area contributed by atoms with Crippen LogP contribution in [0.2, 0.25) is 0 Å². The summed E-state index contributed by atoms with van der Waals surface area (Å²) in [6.45, 7) is 0.431. The van der Waals surface area contributed by atoms with Gasteiger partial charge in [-0.3, -0.25) is 0 Å². The summed E-state index contributed by atoms with van der Waals surface area (Å²) >= 11 is 0. The van der Waals surface area contributed by atoms with Crippen LogP contribution >= 0.6 is 0 Å². The SMILES string of the molecule is CC(O)(c1ccc(S(=O)(=O)c2ccccc2C#N)c(F)c1)C(F)(F)F. The minimum Gasteiger partial charge on any atom is -0.376 e. The largest absolute Gasteiger partial charge is 0.421 e. The lowest BCUT2D eigenvalue weighted by molar-refractivity contribution is -0.258. The van der Waals surface area contributed by atoms with Gasteiger partial charge >= 0.3 is 6.18 Å². The lowest BCUT2D eigenvalue weighted by atomic mass is 9.95. The van der Waals surface area contributed by atoms with Gasteiger partial charge in [0.2, 0.25) is 9.84 Å². The summed E-state index contributed by atoms with van der Waals surface area (Å²) in [6.07, 6.45) is -5.08. The van der Waals surface area contributed by atoms with Gasteiger partial charge in [0.25, 0.3) is 0 Å². The second-order valence-electron chi connectivity index (χ2n) is 5.33. The molecule has 4 nitrogen and oxygen atoms in total. The van der Waals surface area contributed by atoms with Crippen LogP contribution in [0, 0.1) is 17.1 Å². The minimum absolute atomic E-state index is 0.228. The molecule has 1 unspecified atom stereocenters. The zero-order valence-corrected chi connectivity index (χ0v) is 13.5. The molecule has 0 fully saturated rings. The fourth-order valence-electron chi connectivity index (χ4n) is 2.10. The highest BCUT2D eigenvalue weighted by atomic mass is 32.2. The molecule has 2 aromatic carbocycles. The number of hydrogen-bond acceptors (Lipinski definition) is 4. The average Bonchev–Trinajstić information content (AvgIpc) is 2.53. The Balaban J connectivity index is 2.61. The second-order valence-corrected chi connectivity index (χ2v) is 7.21. The molecule has 0 aliphatic heterocycles. The van der Waals surface area contributed by atoms with Crippen molar-refractivity contribution in [1.29, 1.82) is 5.26 Å². The summed E-state index contributed by atoms with van der Waals surface area (Å²) in [7, 11) is -4.47. The Kier molecular flexibility index (Phi) is 4.63. The molecule has 0 bridgehead atoms. The maximum atomic E-state index is 14.2. The topological polar surface area (TPSA) is 78.2 Å². The van der Waals surface area contributed by atoms with E-state index in [4.69, 9.17) is 5.26 Å². The van der Waals surface area contributed by atoms with Gasteiger partial charge in [0.15, 0.2) is 5.60 Å². The van der Waals surface area contributed by atoms with Crippen LogP contribution in [0.5, 0.6) is 0 Å². The Labute approximate surface area is 140 Å². The molecular formula is C16H11F4NO3S. The maximum Gasteiger partial charge on any atom is 0.421 e. The van der Waals surface area contributed by atoms with Crippen molar-refractivity contribution in [1.82, 2.24) is 0 Å². The first-order chi connectivity index (χ1) is 11.4. The Morgan fingerprint density at radius 1 is 1.08 bits per heavy atom. The van der Waals surface area contributed by atoms with Gasteiger partial charge in [0.1, 0.15) is 16.8 Å². The van der Waals surface area contributed by atoms with Crippen LogP contribution < -0.4 is 0 Å². The summed E-state index contributed by atoms with van der Waals surface area (Å²) in [5.74, 6) is -1.46. The number of nitriles is 1. The summed E-state index contributed by atoms with van der Waals surface area (Å²) in [4.78, 5) is -1.36. The van der Waals surface area contributed by atoms with Crippen molar-refractivity contribution in [3.63, 3.8) is 0 Å². The molecular weight excluding hydrogens is 362 g/mol. The highest BCUT2D eigenvalue weighted by molar-refractivity contribution is 7.91. The van der Waals surface area contributed by atoms with Crippen molar-refractivity contribution in [2.75, 3.05) is 0 Å². The van der Waals surface area contributed by atoms with Gasteiger partial charge in [-0.25, -0.2) is 12.8 Å². The molecule has 1 N–H and O–H groups in total. The first kappa shape index (κ1) is 18.9. The summed E-state index contributed by atoms with van der Waals surface area (Å²) in [5, 5.41) is 18.5. The standard InChI is InChI=1S/C16H11F4NO3S/c1-15(22,16(18,19)20)11-6-7-14(12(17)8-11)25(23,24)13-5-3-2-4-10(13)9-21/h2-8,22H,1H3. The van der Waals surface area contributed by atoms with E-state index in [2.05, 4.69) is 0 Å². The number of alkyl halides is 3. The van der Waals surface area contributed by atoms with Crippen molar-refractivity contribution in [3.8, 4) is 6.07 Å². The molecule has 132 valence electrons. The van der Waals surface area contributed by atoms with Gasteiger partial charge in [0, 0.05) is 0 Å². The molecule has 9 heteroatoms. The number of hydrogen-bond donors (Lipinski definition) is 1. The van der Waals surface area contributed by atoms with E-state index < -0.39 is 42.8 Å². The van der Waals surface area contributed by atoms with Crippen LogP contribution in [0.4, 0.5) is 17.6 Å². The van der Waals surface area contributed by atoms with E-state index in [0.29, 0.717) is 25.1 Å². The van der Waals surface area contributed by atoms with Crippen molar-refractivity contribution in [3.05, 3.63) is 59.4 Å². The van der Waals surface area contributed by atoms with E-state index in [9.17, 15) is 31.1 Å². The van der Waals surface area contributed by atoms with Crippen LogP contribution in [0.15, 0.2) is 52.3 Å². The van der Waals surface area contributed by atoms with E-state index in [1.165, 1.54) is 18.2 Å². The van der Waals surface area contributed by atoms with Crippen molar-refractivity contribution in [2.45, 2.75) is 28.5 Å². The molecule has 0 saturated heterocycles. The van der Waals surface area contributed by atoms with E-state index >= 15 is 0 Å². The minimum atomic E-state index is -5.08. The summed E-state index contributed by atoms with van der Waals surface area (Å²) in [5.41, 5.74) is -4.42.